The van der Waals surface area contributed by atoms with Crippen LogP contribution in [0.15, 0.2) is 0 Å². The Morgan fingerprint density at radius 3 is 3.14 bits per heavy atom. The maximum Gasteiger partial charge on any atom is 0.220 e. The Balaban J connectivity index is 1.96. The van der Waals surface area contributed by atoms with Gasteiger partial charge < -0.3 is 10.1 Å². The Morgan fingerprint density at radius 1 is 1.64 bits per heavy atom. The Bertz CT molecular complexity index is 170. The molecule has 0 bridgehead atoms. The molecule has 0 aromatic rings. The first kappa shape index (κ1) is 11.9. The predicted molar refractivity (Wildman–Crippen MR) is 59.6 cm³/mol. The summed E-state index contributed by atoms with van der Waals surface area (Å²) in [6.07, 6.45) is 6.16. The van der Waals surface area contributed by atoms with Crippen LogP contribution in [-0.4, -0.2) is 37.2 Å². The molecule has 0 aliphatic carbocycles. The second-order valence-corrected chi connectivity index (χ2v) is 4.52. The number of rotatable bonds is 6. The van der Waals surface area contributed by atoms with Crippen molar-refractivity contribution in [3.05, 3.63) is 0 Å². The SMILES string of the molecule is CSCCCC(=O)NCC1CCCO1. The van der Waals surface area contributed by atoms with Crippen LogP contribution >= 0.6 is 11.8 Å². The van der Waals surface area contributed by atoms with Gasteiger partial charge in [0, 0.05) is 19.6 Å². The minimum absolute atomic E-state index is 0.162. The lowest BCUT2D eigenvalue weighted by atomic mass is 10.2. The molecule has 1 amide bonds. The van der Waals surface area contributed by atoms with E-state index in [1.165, 1.54) is 0 Å². The van der Waals surface area contributed by atoms with Gasteiger partial charge >= 0.3 is 0 Å². The maximum atomic E-state index is 11.3. The first-order valence-corrected chi connectivity index (χ1v) is 6.59. The Kier molecular flexibility index (Phi) is 6.03. The molecule has 1 saturated heterocycles. The van der Waals surface area contributed by atoms with Crippen molar-refractivity contribution in [1.82, 2.24) is 5.32 Å². The van der Waals surface area contributed by atoms with E-state index < -0.39 is 0 Å². The minimum Gasteiger partial charge on any atom is -0.376 e. The smallest absolute Gasteiger partial charge is 0.220 e. The fourth-order valence-electron chi connectivity index (χ4n) is 1.50. The van der Waals surface area contributed by atoms with Gasteiger partial charge in [0.15, 0.2) is 0 Å². The van der Waals surface area contributed by atoms with E-state index in [1.807, 2.05) is 0 Å². The molecule has 3 nitrogen and oxygen atoms in total. The average Bonchev–Trinajstić information content (AvgIpc) is 2.68. The number of amides is 1. The largest absolute Gasteiger partial charge is 0.376 e. The van der Waals surface area contributed by atoms with Gasteiger partial charge in [-0.05, 0) is 31.3 Å². The molecule has 1 atom stereocenters. The summed E-state index contributed by atoms with van der Waals surface area (Å²) in [4.78, 5) is 11.3. The number of carbonyl (C=O) groups excluding carboxylic acids is 1. The summed E-state index contributed by atoms with van der Waals surface area (Å²) in [7, 11) is 0. The molecule has 4 heteroatoms. The highest BCUT2D eigenvalue weighted by atomic mass is 32.2. The van der Waals surface area contributed by atoms with Crippen LogP contribution in [0.1, 0.15) is 25.7 Å². The van der Waals surface area contributed by atoms with Crippen molar-refractivity contribution >= 4 is 17.7 Å². The van der Waals surface area contributed by atoms with Gasteiger partial charge in [-0.2, -0.15) is 11.8 Å². The van der Waals surface area contributed by atoms with E-state index in [4.69, 9.17) is 4.74 Å². The molecule has 1 unspecified atom stereocenters. The van der Waals surface area contributed by atoms with Crippen molar-refractivity contribution in [1.29, 1.82) is 0 Å². The van der Waals surface area contributed by atoms with Gasteiger partial charge in [-0.15, -0.1) is 0 Å². The van der Waals surface area contributed by atoms with Crippen molar-refractivity contribution in [2.45, 2.75) is 31.8 Å². The van der Waals surface area contributed by atoms with Crippen LogP contribution in [0.5, 0.6) is 0 Å². The molecule has 1 fully saturated rings. The average molecular weight is 217 g/mol. The van der Waals surface area contributed by atoms with Gasteiger partial charge in [0.05, 0.1) is 6.10 Å². The number of nitrogens with one attached hydrogen (secondary N) is 1. The zero-order valence-electron chi connectivity index (χ0n) is 8.75. The normalized spacial score (nSPS) is 21.1. The van der Waals surface area contributed by atoms with Gasteiger partial charge in [0.1, 0.15) is 0 Å². The van der Waals surface area contributed by atoms with Crippen molar-refractivity contribution in [3.8, 4) is 0 Å². The van der Waals surface area contributed by atoms with Crippen LogP contribution in [0.2, 0.25) is 0 Å². The zero-order chi connectivity index (χ0) is 10.2. The fourth-order valence-corrected chi connectivity index (χ4v) is 1.93. The highest BCUT2D eigenvalue weighted by molar-refractivity contribution is 7.98. The molecule has 1 aliphatic heterocycles. The minimum atomic E-state index is 0.162. The lowest BCUT2D eigenvalue weighted by Gasteiger charge is -2.10. The molecule has 1 N–H and O–H groups in total. The summed E-state index contributed by atoms with van der Waals surface area (Å²) in [5, 5.41) is 2.91. The highest BCUT2D eigenvalue weighted by Gasteiger charge is 2.15. The molecular formula is C10H19NO2S. The fraction of sp³-hybridized carbons (Fsp3) is 0.900. The molecule has 1 aliphatic rings. The molecule has 14 heavy (non-hydrogen) atoms. The summed E-state index contributed by atoms with van der Waals surface area (Å²) in [5.74, 6) is 1.22. The van der Waals surface area contributed by atoms with Gasteiger partial charge in [-0.3, -0.25) is 4.79 Å². The molecule has 0 aromatic heterocycles. The van der Waals surface area contributed by atoms with Crippen molar-refractivity contribution in [3.63, 3.8) is 0 Å². The Morgan fingerprint density at radius 2 is 2.50 bits per heavy atom. The van der Waals surface area contributed by atoms with Gasteiger partial charge in [0.2, 0.25) is 5.91 Å². The Labute approximate surface area is 90.0 Å². The van der Waals surface area contributed by atoms with Gasteiger partial charge in [-0.25, -0.2) is 0 Å². The monoisotopic (exact) mass is 217 g/mol. The van der Waals surface area contributed by atoms with Crippen LogP contribution in [-0.2, 0) is 9.53 Å². The van der Waals surface area contributed by atoms with E-state index in [-0.39, 0.29) is 12.0 Å². The standard InChI is InChI=1S/C10H19NO2S/c1-14-7-3-5-10(12)11-8-9-4-2-6-13-9/h9H,2-8H2,1H3,(H,11,12). The van der Waals surface area contributed by atoms with E-state index in [0.717, 1.165) is 31.6 Å². The van der Waals surface area contributed by atoms with Crippen molar-refractivity contribution < 1.29 is 9.53 Å². The van der Waals surface area contributed by atoms with Crippen LogP contribution in [0, 0.1) is 0 Å². The van der Waals surface area contributed by atoms with E-state index in [1.54, 1.807) is 11.8 Å². The van der Waals surface area contributed by atoms with Crippen LogP contribution in [0.3, 0.4) is 0 Å². The lowest BCUT2D eigenvalue weighted by molar-refractivity contribution is -0.121. The predicted octanol–water partition coefficient (Wildman–Crippen LogP) is 1.42. The maximum absolute atomic E-state index is 11.3. The molecule has 1 heterocycles. The van der Waals surface area contributed by atoms with E-state index in [0.29, 0.717) is 13.0 Å². The first-order chi connectivity index (χ1) is 6.83. The second-order valence-electron chi connectivity index (χ2n) is 3.54. The third-order valence-corrected chi connectivity index (χ3v) is 3.00. The van der Waals surface area contributed by atoms with Crippen LogP contribution in [0.4, 0.5) is 0 Å². The quantitative estimate of drug-likeness (QED) is 0.684. The van der Waals surface area contributed by atoms with Crippen LogP contribution < -0.4 is 5.32 Å². The molecule has 0 spiro atoms. The third-order valence-electron chi connectivity index (χ3n) is 2.30. The number of hydrogen-bond acceptors (Lipinski definition) is 3. The second kappa shape index (κ2) is 7.12. The van der Waals surface area contributed by atoms with Crippen molar-refractivity contribution in [2.24, 2.45) is 0 Å². The highest BCUT2D eigenvalue weighted by Crippen LogP contribution is 2.10. The number of carbonyl (C=O) groups is 1. The van der Waals surface area contributed by atoms with E-state index >= 15 is 0 Å². The van der Waals surface area contributed by atoms with E-state index in [2.05, 4.69) is 11.6 Å². The molecule has 0 saturated carbocycles. The summed E-state index contributed by atoms with van der Waals surface area (Å²) in [6.45, 7) is 1.55. The number of hydrogen-bond donors (Lipinski definition) is 1. The number of ether oxygens (including phenoxy) is 1. The van der Waals surface area contributed by atoms with Gasteiger partial charge in [-0.1, -0.05) is 0 Å². The molecule has 0 radical (unpaired) electrons. The lowest BCUT2D eigenvalue weighted by Crippen LogP contribution is -2.31. The molecular weight excluding hydrogens is 198 g/mol. The Hall–Kier alpha value is -0.220. The molecule has 1 rings (SSSR count). The van der Waals surface area contributed by atoms with E-state index in [9.17, 15) is 4.79 Å². The summed E-state index contributed by atoms with van der Waals surface area (Å²) < 4.78 is 5.41. The summed E-state index contributed by atoms with van der Waals surface area (Å²) >= 11 is 1.78. The third kappa shape index (κ3) is 4.86. The molecule has 82 valence electrons. The van der Waals surface area contributed by atoms with Gasteiger partial charge in [0.25, 0.3) is 0 Å². The molecule has 0 aromatic carbocycles. The number of thioether (sulfide) groups is 1. The topological polar surface area (TPSA) is 38.3 Å². The zero-order valence-corrected chi connectivity index (χ0v) is 9.57. The van der Waals surface area contributed by atoms with Crippen molar-refractivity contribution in [2.75, 3.05) is 25.2 Å². The first-order valence-electron chi connectivity index (χ1n) is 5.20. The van der Waals surface area contributed by atoms with Crippen LogP contribution in [0.25, 0.3) is 0 Å². The summed E-state index contributed by atoms with van der Waals surface area (Å²) in [6, 6.07) is 0. The summed E-state index contributed by atoms with van der Waals surface area (Å²) in [5.41, 5.74) is 0.